The maximum absolute atomic E-state index is 9.60. The maximum Gasteiger partial charge on any atom is 0.0834 e. The summed E-state index contributed by atoms with van der Waals surface area (Å²) in [6.07, 6.45) is 4.01. The van der Waals surface area contributed by atoms with Crippen molar-refractivity contribution in [3.63, 3.8) is 0 Å². The Morgan fingerprint density at radius 2 is 1.83 bits per heavy atom. The van der Waals surface area contributed by atoms with Gasteiger partial charge in [-0.2, -0.15) is 0 Å². The van der Waals surface area contributed by atoms with Crippen molar-refractivity contribution in [1.29, 1.82) is 0 Å². The zero-order valence-corrected chi connectivity index (χ0v) is 14.7. The van der Waals surface area contributed by atoms with Crippen molar-refractivity contribution in [3.05, 3.63) is 0 Å². The summed E-state index contributed by atoms with van der Waals surface area (Å²) in [5, 5.41) is 27.6. The SMILES string of the molecule is CCCN(CCO)CCCOC(CO)C1CCN(CCO)CC1. The lowest BCUT2D eigenvalue weighted by Crippen LogP contribution is -2.41. The molecule has 1 aliphatic rings. The van der Waals surface area contributed by atoms with E-state index in [2.05, 4.69) is 16.7 Å². The van der Waals surface area contributed by atoms with E-state index in [1.54, 1.807) is 0 Å². The van der Waals surface area contributed by atoms with Crippen LogP contribution in [0.4, 0.5) is 0 Å². The molecule has 6 nitrogen and oxygen atoms in total. The molecule has 1 rings (SSSR count). The monoisotopic (exact) mass is 332 g/mol. The average Bonchev–Trinajstić information content (AvgIpc) is 2.56. The fourth-order valence-electron chi connectivity index (χ4n) is 3.34. The van der Waals surface area contributed by atoms with Crippen LogP contribution in [-0.2, 0) is 4.74 Å². The van der Waals surface area contributed by atoms with Crippen LogP contribution in [0.25, 0.3) is 0 Å². The van der Waals surface area contributed by atoms with E-state index in [9.17, 15) is 5.11 Å². The topological polar surface area (TPSA) is 76.4 Å². The molecule has 138 valence electrons. The summed E-state index contributed by atoms with van der Waals surface area (Å²) < 4.78 is 5.93. The molecule has 1 heterocycles. The van der Waals surface area contributed by atoms with Gasteiger partial charge in [0.2, 0.25) is 0 Å². The summed E-state index contributed by atoms with van der Waals surface area (Å²) in [5.41, 5.74) is 0. The first kappa shape index (κ1) is 20.8. The molecule has 6 heteroatoms. The molecular weight excluding hydrogens is 296 g/mol. The Kier molecular flexibility index (Phi) is 11.8. The minimum absolute atomic E-state index is 0.0660. The van der Waals surface area contributed by atoms with Crippen LogP contribution < -0.4 is 0 Å². The van der Waals surface area contributed by atoms with Gasteiger partial charge in [0.25, 0.3) is 0 Å². The molecule has 1 unspecified atom stereocenters. The molecule has 0 saturated carbocycles. The Balaban J connectivity index is 2.21. The third-order valence-corrected chi connectivity index (χ3v) is 4.66. The molecule has 1 saturated heterocycles. The van der Waals surface area contributed by atoms with Crippen molar-refractivity contribution in [3.8, 4) is 0 Å². The van der Waals surface area contributed by atoms with Gasteiger partial charge in [0, 0.05) is 26.2 Å². The predicted molar refractivity (Wildman–Crippen MR) is 91.5 cm³/mol. The van der Waals surface area contributed by atoms with Crippen LogP contribution in [0.5, 0.6) is 0 Å². The highest BCUT2D eigenvalue weighted by atomic mass is 16.5. The number of piperidine rings is 1. The van der Waals surface area contributed by atoms with Gasteiger partial charge in [-0.1, -0.05) is 6.92 Å². The van der Waals surface area contributed by atoms with E-state index in [1.807, 2.05) is 0 Å². The Hall–Kier alpha value is -0.240. The molecule has 0 bridgehead atoms. The van der Waals surface area contributed by atoms with Crippen LogP contribution in [0, 0.1) is 5.92 Å². The number of aliphatic hydroxyl groups excluding tert-OH is 3. The van der Waals surface area contributed by atoms with E-state index in [4.69, 9.17) is 14.9 Å². The molecule has 0 aliphatic carbocycles. The molecule has 0 aromatic rings. The molecule has 0 aromatic heterocycles. The molecule has 1 fully saturated rings. The minimum Gasteiger partial charge on any atom is -0.395 e. The summed E-state index contributed by atoms with van der Waals surface area (Å²) in [4.78, 5) is 4.52. The second-order valence-electron chi connectivity index (χ2n) is 6.41. The van der Waals surface area contributed by atoms with Gasteiger partial charge in [0.15, 0.2) is 0 Å². The summed E-state index contributed by atoms with van der Waals surface area (Å²) in [5.74, 6) is 0.416. The fourth-order valence-corrected chi connectivity index (χ4v) is 3.34. The second-order valence-corrected chi connectivity index (χ2v) is 6.41. The van der Waals surface area contributed by atoms with Crippen LogP contribution >= 0.6 is 0 Å². The zero-order chi connectivity index (χ0) is 16.9. The van der Waals surface area contributed by atoms with Crippen LogP contribution in [0.2, 0.25) is 0 Å². The molecular formula is C17H36N2O4. The van der Waals surface area contributed by atoms with E-state index in [0.29, 0.717) is 12.5 Å². The highest BCUT2D eigenvalue weighted by Gasteiger charge is 2.26. The first-order valence-electron chi connectivity index (χ1n) is 9.14. The van der Waals surface area contributed by atoms with Crippen LogP contribution in [-0.4, -0.2) is 96.9 Å². The molecule has 1 aliphatic heterocycles. The van der Waals surface area contributed by atoms with Gasteiger partial charge in [-0.05, 0) is 51.2 Å². The number of rotatable bonds is 13. The summed E-state index contributed by atoms with van der Waals surface area (Å²) >= 11 is 0. The number of ether oxygens (including phenoxy) is 1. The summed E-state index contributed by atoms with van der Waals surface area (Å²) in [6, 6.07) is 0. The number of hydrogen-bond acceptors (Lipinski definition) is 6. The van der Waals surface area contributed by atoms with Gasteiger partial charge in [-0.3, -0.25) is 0 Å². The smallest absolute Gasteiger partial charge is 0.0834 e. The standard InChI is InChI=1S/C17H36N2O4/c1-2-6-18(10-12-20)7-3-14-23-17(15-22)16-4-8-19(9-5-16)11-13-21/h16-17,20-22H,2-15H2,1H3. The molecule has 23 heavy (non-hydrogen) atoms. The lowest BCUT2D eigenvalue weighted by molar-refractivity contribution is -0.0427. The van der Waals surface area contributed by atoms with Crippen molar-refractivity contribution in [2.45, 2.75) is 38.7 Å². The lowest BCUT2D eigenvalue weighted by atomic mass is 9.91. The summed E-state index contributed by atoms with van der Waals surface area (Å²) in [6.45, 7) is 8.67. The maximum atomic E-state index is 9.60. The molecule has 0 spiro atoms. The Bertz CT molecular complexity index is 267. The Morgan fingerprint density at radius 1 is 1.09 bits per heavy atom. The highest BCUT2D eigenvalue weighted by Crippen LogP contribution is 2.22. The van der Waals surface area contributed by atoms with Gasteiger partial charge >= 0.3 is 0 Å². The average molecular weight is 332 g/mol. The first-order chi connectivity index (χ1) is 11.2. The number of nitrogens with zero attached hydrogens (tertiary/aromatic N) is 2. The Labute approximate surface area is 141 Å². The van der Waals surface area contributed by atoms with Gasteiger partial charge < -0.3 is 29.9 Å². The van der Waals surface area contributed by atoms with Crippen LogP contribution in [0.3, 0.4) is 0 Å². The summed E-state index contributed by atoms with van der Waals surface area (Å²) in [7, 11) is 0. The van der Waals surface area contributed by atoms with Gasteiger partial charge in [0.05, 0.1) is 25.9 Å². The quantitative estimate of drug-likeness (QED) is 0.417. The third kappa shape index (κ3) is 8.42. The van der Waals surface area contributed by atoms with Crippen LogP contribution in [0.1, 0.15) is 32.6 Å². The van der Waals surface area contributed by atoms with Gasteiger partial charge in [0.1, 0.15) is 0 Å². The number of hydrogen-bond donors (Lipinski definition) is 3. The molecule has 0 radical (unpaired) electrons. The number of β-amino-alcohol motifs (C(OH)–C–C–N with tert-alkyl or cyclic N) is 1. The Morgan fingerprint density at radius 3 is 2.39 bits per heavy atom. The predicted octanol–water partition coefficient (Wildman–Crippen LogP) is 0.163. The van der Waals surface area contributed by atoms with Crippen molar-refractivity contribution >= 4 is 0 Å². The van der Waals surface area contributed by atoms with Crippen molar-refractivity contribution in [2.24, 2.45) is 5.92 Å². The molecule has 0 amide bonds. The van der Waals surface area contributed by atoms with Gasteiger partial charge in [-0.15, -0.1) is 0 Å². The second kappa shape index (κ2) is 13.1. The van der Waals surface area contributed by atoms with E-state index in [1.165, 1.54) is 0 Å². The van der Waals surface area contributed by atoms with Crippen molar-refractivity contribution in [1.82, 2.24) is 9.80 Å². The van der Waals surface area contributed by atoms with Crippen molar-refractivity contribution in [2.75, 3.05) is 65.7 Å². The first-order valence-corrected chi connectivity index (χ1v) is 9.14. The van der Waals surface area contributed by atoms with E-state index in [-0.39, 0.29) is 25.9 Å². The number of likely N-dealkylation sites (tertiary alicyclic amines) is 1. The minimum atomic E-state index is -0.0660. The molecule has 1 atom stereocenters. The molecule has 3 N–H and O–H groups in total. The van der Waals surface area contributed by atoms with Gasteiger partial charge in [-0.25, -0.2) is 0 Å². The van der Waals surface area contributed by atoms with E-state index in [0.717, 1.165) is 65.0 Å². The lowest BCUT2D eigenvalue weighted by Gasteiger charge is -2.35. The third-order valence-electron chi connectivity index (χ3n) is 4.66. The largest absolute Gasteiger partial charge is 0.395 e. The molecule has 0 aromatic carbocycles. The van der Waals surface area contributed by atoms with Crippen LogP contribution in [0.15, 0.2) is 0 Å². The van der Waals surface area contributed by atoms with E-state index < -0.39 is 0 Å². The fraction of sp³-hybridized carbons (Fsp3) is 1.00. The zero-order valence-electron chi connectivity index (χ0n) is 14.7. The van der Waals surface area contributed by atoms with Crippen molar-refractivity contribution < 1.29 is 20.1 Å². The number of aliphatic hydroxyl groups is 3. The normalized spacial score (nSPS) is 18.7. The van der Waals surface area contributed by atoms with E-state index >= 15 is 0 Å². The highest BCUT2D eigenvalue weighted by molar-refractivity contribution is 4.78.